The standard InChI is InChI=1S/C19H25N/c1-6-14(4)19(15(5)7-2)17-13-20(8-3)18-12-10-9-11-16(17)18/h6-7,9-15,19H,1-2,8H2,3-5H3. The van der Waals surface area contributed by atoms with Gasteiger partial charge in [-0.05, 0) is 36.3 Å². The molecule has 0 saturated heterocycles. The quantitative estimate of drug-likeness (QED) is 0.618. The van der Waals surface area contributed by atoms with E-state index in [1.807, 2.05) is 0 Å². The van der Waals surface area contributed by atoms with Crippen LogP contribution in [0.3, 0.4) is 0 Å². The van der Waals surface area contributed by atoms with Gasteiger partial charge in [-0.15, -0.1) is 13.2 Å². The molecule has 0 amide bonds. The first-order chi connectivity index (χ1) is 9.63. The highest BCUT2D eigenvalue weighted by Gasteiger charge is 2.25. The van der Waals surface area contributed by atoms with Crippen LogP contribution in [0.15, 0.2) is 55.8 Å². The molecular formula is C19H25N. The number of fused-ring (bicyclic) bond motifs is 1. The third-order valence-electron chi connectivity index (χ3n) is 4.40. The van der Waals surface area contributed by atoms with Crippen LogP contribution in [0, 0.1) is 11.8 Å². The molecule has 0 spiro atoms. The summed E-state index contributed by atoms with van der Waals surface area (Å²) in [5, 5.41) is 1.36. The van der Waals surface area contributed by atoms with Gasteiger partial charge in [-0.2, -0.15) is 0 Å². The summed E-state index contributed by atoms with van der Waals surface area (Å²) in [5.74, 6) is 1.29. The van der Waals surface area contributed by atoms with Crippen molar-refractivity contribution in [2.75, 3.05) is 0 Å². The van der Waals surface area contributed by atoms with Crippen molar-refractivity contribution in [3.05, 3.63) is 61.3 Å². The Kier molecular flexibility index (Phi) is 4.49. The van der Waals surface area contributed by atoms with Gasteiger partial charge in [0.1, 0.15) is 0 Å². The summed E-state index contributed by atoms with van der Waals surface area (Å²) in [6, 6.07) is 8.67. The maximum atomic E-state index is 3.99. The molecule has 20 heavy (non-hydrogen) atoms. The maximum absolute atomic E-state index is 3.99. The summed E-state index contributed by atoms with van der Waals surface area (Å²) in [5.41, 5.74) is 2.74. The molecule has 0 saturated carbocycles. The number of allylic oxidation sites excluding steroid dienone is 2. The van der Waals surface area contributed by atoms with Crippen LogP contribution in [-0.2, 0) is 6.54 Å². The van der Waals surface area contributed by atoms with Gasteiger partial charge < -0.3 is 4.57 Å². The lowest BCUT2D eigenvalue weighted by Crippen LogP contribution is -2.14. The Labute approximate surface area is 122 Å². The van der Waals surface area contributed by atoms with Gasteiger partial charge in [-0.1, -0.05) is 44.2 Å². The lowest BCUT2D eigenvalue weighted by atomic mass is 9.78. The monoisotopic (exact) mass is 267 g/mol. The number of para-hydroxylation sites is 1. The molecule has 106 valence electrons. The van der Waals surface area contributed by atoms with Crippen molar-refractivity contribution in [3.63, 3.8) is 0 Å². The molecule has 1 heteroatoms. The molecular weight excluding hydrogens is 242 g/mol. The summed E-state index contributed by atoms with van der Waals surface area (Å²) >= 11 is 0. The summed E-state index contributed by atoms with van der Waals surface area (Å²) in [6.07, 6.45) is 6.43. The largest absolute Gasteiger partial charge is 0.347 e. The van der Waals surface area contributed by atoms with Crippen LogP contribution in [0.1, 0.15) is 32.3 Å². The zero-order chi connectivity index (χ0) is 14.7. The van der Waals surface area contributed by atoms with Crippen LogP contribution in [0.5, 0.6) is 0 Å². The van der Waals surface area contributed by atoms with E-state index >= 15 is 0 Å². The topological polar surface area (TPSA) is 4.93 Å². The molecule has 2 rings (SSSR count). The first kappa shape index (κ1) is 14.6. The summed E-state index contributed by atoms with van der Waals surface area (Å²) in [7, 11) is 0. The molecule has 2 aromatic rings. The Morgan fingerprint density at radius 3 is 2.25 bits per heavy atom. The number of rotatable bonds is 6. The molecule has 0 aliphatic rings. The van der Waals surface area contributed by atoms with E-state index < -0.39 is 0 Å². The fourth-order valence-electron chi connectivity index (χ4n) is 3.14. The Bertz CT molecular complexity index is 591. The number of benzene rings is 1. The second-order valence-corrected chi connectivity index (χ2v) is 5.60. The lowest BCUT2D eigenvalue weighted by Gasteiger charge is -2.25. The second kappa shape index (κ2) is 6.13. The van der Waals surface area contributed by atoms with Crippen LogP contribution in [0.2, 0.25) is 0 Å². The average molecular weight is 267 g/mol. The zero-order valence-corrected chi connectivity index (χ0v) is 12.8. The second-order valence-electron chi connectivity index (χ2n) is 5.60. The normalized spacial score (nSPS) is 15.8. The van der Waals surface area contributed by atoms with Gasteiger partial charge >= 0.3 is 0 Å². The van der Waals surface area contributed by atoms with E-state index in [0.29, 0.717) is 17.8 Å². The van der Waals surface area contributed by atoms with Crippen molar-refractivity contribution in [1.82, 2.24) is 4.57 Å². The molecule has 1 aromatic heterocycles. The van der Waals surface area contributed by atoms with E-state index in [4.69, 9.17) is 0 Å². The van der Waals surface area contributed by atoms with Crippen molar-refractivity contribution < 1.29 is 0 Å². The van der Waals surface area contributed by atoms with Gasteiger partial charge in [-0.3, -0.25) is 0 Å². The molecule has 2 unspecified atom stereocenters. The molecule has 0 radical (unpaired) electrons. The van der Waals surface area contributed by atoms with Gasteiger partial charge in [0.05, 0.1) is 0 Å². The van der Waals surface area contributed by atoms with Gasteiger partial charge in [-0.25, -0.2) is 0 Å². The molecule has 0 aliphatic heterocycles. The first-order valence-electron chi connectivity index (χ1n) is 7.46. The Hall–Kier alpha value is -1.76. The van der Waals surface area contributed by atoms with Crippen LogP contribution in [0.25, 0.3) is 10.9 Å². The Morgan fingerprint density at radius 1 is 1.10 bits per heavy atom. The summed E-state index contributed by atoms with van der Waals surface area (Å²) in [6.45, 7) is 15.7. The van der Waals surface area contributed by atoms with Gasteiger partial charge in [0.15, 0.2) is 0 Å². The van der Waals surface area contributed by atoms with Gasteiger partial charge in [0.2, 0.25) is 0 Å². The molecule has 1 heterocycles. The van der Waals surface area contributed by atoms with Crippen LogP contribution < -0.4 is 0 Å². The molecule has 0 N–H and O–H groups in total. The van der Waals surface area contributed by atoms with Crippen LogP contribution >= 0.6 is 0 Å². The van der Waals surface area contributed by atoms with E-state index in [1.54, 1.807) is 0 Å². The van der Waals surface area contributed by atoms with Crippen LogP contribution in [0.4, 0.5) is 0 Å². The van der Waals surface area contributed by atoms with E-state index in [-0.39, 0.29) is 0 Å². The average Bonchev–Trinajstić information content (AvgIpc) is 2.86. The van der Waals surface area contributed by atoms with Gasteiger partial charge in [0.25, 0.3) is 0 Å². The fourth-order valence-corrected chi connectivity index (χ4v) is 3.14. The van der Waals surface area contributed by atoms with Crippen molar-refractivity contribution in [2.24, 2.45) is 11.8 Å². The predicted octanol–water partition coefficient (Wildman–Crippen LogP) is 5.39. The highest BCUT2D eigenvalue weighted by atomic mass is 14.9. The minimum absolute atomic E-state index is 0.430. The van der Waals surface area contributed by atoms with E-state index in [1.165, 1.54) is 16.5 Å². The smallest absolute Gasteiger partial charge is 0.0483 e. The third-order valence-corrected chi connectivity index (χ3v) is 4.40. The van der Waals surface area contributed by atoms with E-state index in [9.17, 15) is 0 Å². The minimum Gasteiger partial charge on any atom is -0.347 e. The predicted molar refractivity (Wildman–Crippen MR) is 89.1 cm³/mol. The van der Waals surface area contributed by atoms with Crippen LogP contribution in [-0.4, -0.2) is 4.57 Å². The van der Waals surface area contributed by atoms with Crippen molar-refractivity contribution in [2.45, 2.75) is 33.2 Å². The number of hydrogen-bond acceptors (Lipinski definition) is 0. The Balaban J connectivity index is 2.64. The van der Waals surface area contributed by atoms with E-state index in [0.717, 1.165) is 6.54 Å². The fraction of sp³-hybridized carbons (Fsp3) is 0.368. The maximum Gasteiger partial charge on any atom is 0.0483 e. The molecule has 0 fully saturated rings. The molecule has 0 aliphatic carbocycles. The molecule has 0 bridgehead atoms. The number of aryl methyl sites for hydroxylation is 1. The summed E-state index contributed by atoms with van der Waals surface area (Å²) < 4.78 is 2.34. The summed E-state index contributed by atoms with van der Waals surface area (Å²) in [4.78, 5) is 0. The first-order valence-corrected chi connectivity index (χ1v) is 7.46. The van der Waals surface area contributed by atoms with Gasteiger partial charge in [0, 0.05) is 23.6 Å². The molecule has 1 aromatic carbocycles. The number of aromatic nitrogens is 1. The highest BCUT2D eigenvalue weighted by Crippen LogP contribution is 2.38. The molecule has 1 nitrogen and oxygen atoms in total. The number of hydrogen-bond donors (Lipinski definition) is 0. The SMILES string of the molecule is C=CC(C)C(c1cn(CC)c2ccccc12)C(C)C=C. The zero-order valence-electron chi connectivity index (χ0n) is 12.8. The van der Waals surface area contributed by atoms with Crippen molar-refractivity contribution in [1.29, 1.82) is 0 Å². The highest BCUT2D eigenvalue weighted by molar-refractivity contribution is 5.84. The third kappa shape index (κ3) is 2.45. The minimum atomic E-state index is 0.430. The Morgan fingerprint density at radius 2 is 1.70 bits per heavy atom. The van der Waals surface area contributed by atoms with E-state index in [2.05, 4.69) is 81.1 Å². The van der Waals surface area contributed by atoms with Crippen molar-refractivity contribution in [3.8, 4) is 0 Å². The molecule has 2 atom stereocenters. The van der Waals surface area contributed by atoms with Crippen molar-refractivity contribution >= 4 is 10.9 Å². The lowest BCUT2D eigenvalue weighted by molar-refractivity contribution is 0.454. The number of nitrogens with zero attached hydrogens (tertiary/aromatic N) is 1.